The van der Waals surface area contributed by atoms with Gasteiger partial charge in [0.2, 0.25) is 9.84 Å². The zero-order chi connectivity index (χ0) is 24.3. The van der Waals surface area contributed by atoms with Gasteiger partial charge in [-0.1, -0.05) is 55.8 Å². The minimum absolute atomic E-state index is 0.130. The third-order valence-corrected chi connectivity index (χ3v) is 8.32. The van der Waals surface area contributed by atoms with Gasteiger partial charge in [-0.25, -0.2) is 8.42 Å². The molecule has 0 saturated heterocycles. The summed E-state index contributed by atoms with van der Waals surface area (Å²) in [6.45, 7) is 6.51. The maximum absolute atomic E-state index is 12.9. The van der Waals surface area contributed by atoms with Gasteiger partial charge in [0.05, 0.1) is 17.8 Å². The third-order valence-electron chi connectivity index (χ3n) is 6.40. The predicted octanol–water partition coefficient (Wildman–Crippen LogP) is 7.09. The predicted molar refractivity (Wildman–Crippen MR) is 136 cm³/mol. The summed E-state index contributed by atoms with van der Waals surface area (Å²) in [5.74, 6) is 2.07. The lowest BCUT2D eigenvalue weighted by molar-refractivity contribution is 0.276. The van der Waals surface area contributed by atoms with Crippen LogP contribution >= 0.6 is 0 Å². The van der Waals surface area contributed by atoms with Crippen LogP contribution in [-0.2, 0) is 20.0 Å². The maximum atomic E-state index is 12.9. The molecule has 4 rings (SSSR count). The number of allylic oxidation sites excluding steroid dienone is 4. The number of aryl methyl sites for hydroxylation is 1. The highest BCUT2D eigenvalue weighted by Crippen LogP contribution is 2.34. The molecule has 0 saturated carbocycles. The number of benzene rings is 3. The van der Waals surface area contributed by atoms with E-state index in [1.807, 2.05) is 12.1 Å². The molecule has 0 aromatic heterocycles. The molecule has 4 nitrogen and oxygen atoms in total. The molecule has 0 fully saturated rings. The molecule has 0 N–H and O–H groups in total. The largest absolute Gasteiger partial charge is 0.501 e. The number of hydrogen-bond donors (Lipinski definition) is 0. The molecule has 0 unspecified atom stereocenters. The Labute approximate surface area is 202 Å². The van der Waals surface area contributed by atoms with E-state index in [0.29, 0.717) is 29.2 Å². The number of hydrogen-bond acceptors (Lipinski definition) is 4. The molecule has 0 amide bonds. The van der Waals surface area contributed by atoms with Crippen molar-refractivity contribution >= 4 is 9.84 Å². The van der Waals surface area contributed by atoms with Crippen LogP contribution in [0.2, 0.25) is 0 Å². The van der Waals surface area contributed by atoms with Crippen LogP contribution in [0.25, 0.3) is 0 Å². The second-order valence-electron chi connectivity index (χ2n) is 9.06. The topological polar surface area (TPSA) is 52.6 Å². The molecular weight excluding hydrogens is 444 g/mol. The average molecular weight is 475 g/mol. The van der Waals surface area contributed by atoms with E-state index in [4.69, 9.17) is 9.47 Å². The van der Waals surface area contributed by atoms with Gasteiger partial charge in [-0.15, -0.1) is 0 Å². The second-order valence-corrected chi connectivity index (χ2v) is 11.1. The minimum atomic E-state index is -3.53. The number of rotatable bonds is 7. The summed E-state index contributed by atoms with van der Waals surface area (Å²) >= 11 is 0. The number of ether oxygens (including phenoxy) is 2. The Balaban J connectivity index is 1.47. The van der Waals surface area contributed by atoms with E-state index >= 15 is 0 Å². The van der Waals surface area contributed by atoms with Crippen LogP contribution in [0.3, 0.4) is 0 Å². The Morgan fingerprint density at radius 2 is 1.26 bits per heavy atom. The van der Waals surface area contributed by atoms with E-state index in [9.17, 15) is 8.42 Å². The molecule has 3 aromatic rings. The molecule has 5 heteroatoms. The molecule has 0 radical (unpaired) electrons. The first-order chi connectivity index (χ1) is 16.2. The van der Waals surface area contributed by atoms with Crippen molar-refractivity contribution in [2.24, 2.45) is 0 Å². The summed E-state index contributed by atoms with van der Waals surface area (Å²) in [5.41, 5.74) is 3.56. The minimum Gasteiger partial charge on any atom is -0.501 e. The van der Waals surface area contributed by atoms with Crippen LogP contribution in [0.4, 0.5) is 0 Å². The Kier molecular flexibility index (Phi) is 6.67. The summed E-state index contributed by atoms with van der Waals surface area (Å²) in [4.78, 5) is 0.657. The SMILES string of the molecule is COC1=CC=C(S(=O)(=O)c2ccc(Oc3ccc(C(C)(C)c4ccc(C)cc4)cc3)cc2)CC1. The molecule has 176 valence electrons. The van der Waals surface area contributed by atoms with Crippen LogP contribution in [0.5, 0.6) is 11.5 Å². The van der Waals surface area contributed by atoms with Crippen molar-refractivity contribution in [2.45, 2.75) is 43.9 Å². The standard InChI is InChI=1S/C29H30O4S/c1-21-5-7-22(8-6-21)29(2,3)23-9-11-25(12-10-23)33-26-15-19-28(20-16-26)34(30,31)27-17-13-24(32-4)14-18-27/h5-13,15-17,19-20H,14,18H2,1-4H3. The molecule has 3 aromatic carbocycles. The highest BCUT2D eigenvalue weighted by atomic mass is 32.2. The smallest absolute Gasteiger partial charge is 0.202 e. The molecule has 1 aliphatic rings. The van der Waals surface area contributed by atoms with Crippen LogP contribution in [0.1, 0.15) is 43.4 Å². The van der Waals surface area contributed by atoms with E-state index in [0.717, 1.165) is 5.76 Å². The fourth-order valence-corrected chi connectivity index (χ4v) is 5.46. The van der Waals surface area contributed by atoms with Crippen molar-refractivity contribution in [1.29, 1.82) is 0 Å². The maximum Gasteiger partial charge on any atom is 0.202 e. The van der Waals surface area contributed by atoms with Gasteiger partial charge in [-0.3, -0.25) is 0 Å². The van der Waals surface area contributed by atoms with E-state index in [2.05, 4.69) is 57.2 Å². The van der Waals surface area contributed by atoms with E-state index in [1.165, 1.54) is 16.7 Å². The Morgan fingerprint density at radius 3 is 1.76 bits per heavy atom. The summed E-state index contributed by atoms with van der Waals surface area (Å²) in [6.07, 6.45) is 4.37. The van der Waals surface area contributed by atoms with Gasteiger partial charge in [-0.05, 0) is 73.0 Å². The summed E-state index contributed by atoms with van der Waals surface area (Å²) in [5, 5.41) is 0. The van der Waals surface area contributed by atoms with Crippen molar-refractivity contribution in [3.05, 3.63) is 112 Å². The molecule has 0 atom stereocenters. The van der Waals surface area contributed by atoms with Gasteiger partial charge in [-0.2, -0.15) is 0 Å². The molecular formula is C29H30O4S. The molecule has 0 heterocycles. The highest BCUT2D eigenvalue weighted by Gasteiger charge is 2.24. The van der Waals surface area contributed by atoms with Crippen molar-refractivity contribution < 1.29 is 17.9 Å². The average Bonchev–Trinajstić information content (AvgIpc) is 2.85. The van der Waals surface area contributed by atoms with Crippen LogP contribution in [0, 0.1) is 6.92 Å². The second kappa shape index (κ2) is 9.51. The van der Waals surface area contributed by atoms with Crippen molar-refractivity contribution in [3.63, 3.8) is 0 Å². The zero-order valence-corrected chi connectivity index (χ0v) is 20.9. The highest BCUT2D eigenvalue weighted by molar-refractivity contribution is 7.95. The van der Waals surface area contributed by atoms with Crippen molar-refractivity contribution in [1.82, 2.24) is 0 Å². The first-order valence-corrected chi connectivity index (χ1v) is 12.8. The van der Waals surface area contributed by atoms with Gasteiger partial charge < -0.3 is 9.47 Å². The van der Waals surface area contributed by atoms with Crippen LogP contribution in [-0.4, -0.2) is 15.5 Å². The number of sulfone groups is 1. The number of methoxy groups -OCH3 is 1. The lowest BCUT2D eigenvalue weighted by Gasteiger charge is -2.26. The normalized spacial score (nSPS) is 14.2. The Bertz CT molecular complexity index is 1310. The quantitative estimate of drug-likeness (QED) is 0.367. The molecule has 0 spiro atoms. The molecule has 0 aliphatic heterocycles. The van der Waals surface area contributed by atoms with Crippen LogP contribution in [0.15, 0.2) is 101 Å². The first-order valence-electron chi connectivity index (χ1n) is 11.3. The van der Waals surface area contributed by atoms with Gasteiger partial charge in [0, 0.05) is 16.7 Å². The fraction of sp³-hybridized carbons (Fsp3) is 0.241. The molecule has 34 heavy (non-hydrogen) atoms. The summed E-state index contributed by atoms with van der Waals surface area (Å²) in [6, 6.07) is 23.2. The molecule has 0 bridgehead atoms. The van der Waals surface area contributed by atoms with E-state index < -0.39 is 9.84 Å². The lowest BCUT2D eigenvalue weighted by Crippen LogP contribution is -2.18. The van der Waals surface area contributed by atoms with E-state index in [1.54, 1.807) is 43.5 Å². The van der Waals surface area contributed by atoms with Crippen LogP contribution < -0.4 is 4.74 Å². The monoisotopic (exact) mass is 474 g/mol. The summed E-state index contributed by atoms with van der Waals surface area (Å²) < 4.78 is 37.0. The zero-order valence-electron chi connectivity index (χ0n) is 20.0. The Morgan fingerprint density at radius 1 is 0.735 bits per heavy atom. The van der Waals surface area contributed by atoms with Crippen molar-refractivity contribution in [2.75, 3.05) is 7.11 Å². The lowest BCUT2D eigenvalue weighted by atomic mass is 9.78. The third kappa shape index (κ3) is 4.95. The summed E-state index contributed by atoms with van der Waals surface area (Å²) in [7, 11) is -1.94. The van der Waals surface area contributed by atoms with Crippen molar-refractivity contribution in [3.8, 4) is 11.5 Å². The van der Waals surface area contributed by atoms with E-state index in [-0.39, 0.29) is 10.3 Å². The van der Waals surface area contributed by atoms with Gasteiger partial charge in [0.15, 0.2) is 0 Å². The molecule has 1 aliphatic carbocycles. The van der Waals surface area contributed by atoms with Gasteiger partial charge >= 0.3 is 0 Å². The van der Waals surface area contributed by atoms with Gasteiger partial charge in [0.25, 0.3) is 0 Å². The fourth-order valence-electron chi connectivity index (χ4n) is 4.04. The Hall–Kier alpha value is -3.31. The first kappa shape index (κ1) is 23.8. The van der Waals surface area contributed by atoms with Gasteiger partial charge in [0.1, 0.15) is 11.5 Å².